The smallest absolute Gasteiger partial charge is 0.253 e. The lowest BCUT2D eigenvalue weighted by molar-refractivity contribution is -0.138. The summed E-state index contributed by atoms with van der Waals surface area (Å²) in [6.07, 6.45) is 1.98. The molecule has 4 aliphatic rings. The number of carbonyl (C=O) groups excluding carboxylic acids is 5. The van der Waals surface area contributed by atoms with Gasteiger partial charge in [0, 0.05) is 29.5 Å². The van der Waals surface area contributed by atoms with Crippen LogP contribution in [0, 0.1) is 17.8 Å². The van der Waals surface area contributed by atoms with E-state index in [0.29, 0.717) is 38.7 Å². The maximum atomic E-state index is 14.4. The number of fused-ring (bicyclic) bond motifs is 5. The van der Waals surface area contributed by atoms with E-state index in [0.717, 1.165) is 9.80 Å². The van der Waals surface area contributed by atoms with Crippen LogP contribution in [0.15, 0.2) is 103 Å². The highest BCUT2D eigenvalue weighted by molar-refractivity contribution is 6.53. The number of likely N-dealkylation sites (tertiary alicyclic amines) is 1. The topological polar surface area (TPSA) is 112 Å². The number of hydrogen-bond acceptors (Lipinski definition) is 6. The normalized spacial score (nSPS) is 29.5. The van der Waals surface area contributed by atoms with Crippen LogP contribution in [0.3, 0.4) is 0 Å². The molecule has 8 nitrogen and oxygen atoms in total. The Hall–Kier alpha value is -4.79. The number of halogens is 2. The Morgan fingerprint density at radius 3 is 2.12 bits per heavy atom. The van der Waals surface area contributed by atoms with E-state index in [2.05, 4.69) is 0 Å². The summed E-state index contributed by atoms with van der Waals surface area (Å²) in [5.74, 6) is -5.49. The number of nitrogens with zero attached hydrogens (tertiary/aromatic N) is 2. The lowest BCUT2D eigenvalue weighted by Crippen LogP contribution is -2.60. The summed E-state index contributed by atoms with van der Waals surface area (Å²) in [7, 11) is 1.35. The highest BCUT2D eigenvalue weighted by atomic mass is 35.5. The molecule has 2 heterocycles. The molecule has 2 aliphatic heterocycles. The van der Waals surface area contributed by atoms with Gasteiger partial charge in [-0.1, -0.05) is 72.3 Å². The second-order valence-electron chi connectivity index (χ2n) is 13.0. The van der Waals surface area contributed by atoms with E-state index in [-0.39, 0.29) is 30.3 Å². The van der Waals surface area contributed by atoms with Gasteiger partial charge in [0.25, 0.3) is 11.8 Å². The Labute approximate surface area is 285 Å². The average molecular weight is 680 g/mol. The minimum absolute atomic E-state index is 0.0368. The fourth-order valence-electron chi connectivity index (χ4n) is 8.42. The van der Waals surface area contributed by atoms with E-state index in [1.807, 2.05) is 12.1 Å². The lowest BCUT2D eigenvalue weighted by Gasteiger charge is -2.51. The van der Waals surface area contributed by atoms with Crippen molar-refractivity contribution in [2.24, 2.45) is 17.8 Å². The summed E-state index contributed by atoms with van der Waals surface area (Å²) < 4.78 is 0. The van der Waals surface area contributed by atoms with Crippen LogP contribution in [-0.4, -0.2) is 56.2 Å². The van der Waals surface area contributed by atoms with Gasteiger partial charge in [0.1, 0.15) is 5.75 Å². The first-order valence-electron chi connectivity index (χ1n) is 15.7. The van der Waals surface area contributed by atoms with Gasteiger partial charge < -0.3 is 5.11 Å². The molecule has 48 heavy (non-hydrogen) atoms. The minimum Gasteiger partial charge on any atom is -0.507 e. The van der Waals surface area contributed by atoms with Crippen LogP contribution >= 0.6 is 23.2 Å². The van der Waals surface area contributed by atoms with Crippen molar-refractivity contribution >= 4 is 69.1 Å². The summed E-state index contributed by atoms with van der Waals surface area (Å²) in [6.45, 7) is 0. The molecule has 4 aromatic rings. The largest absolute Gasteiger partial charge is 0.507 e. The first-order valence-corrected chi connectivity index (χ1v) is 16.4. The molecule has 4 aromatic carbocycles. The third kappa shape index (κ3) is 3.93. The zero-order chi connectivity index (χ0) is 33.7. The average Bonchev–Trinajstić information content (AvgIpc) is 3.43. The van der Waals surface area contributed by atoms with E-state index in [4.69, 9.17) is 23.2 Å². The number of carbonyl (C=O) groups is 5. The molecular formula is C38H28Cl2N2O6. The second kappa shape index (κ2) is 10.6. The van der Waals surface area contributed by atoms with Gasteiger partial charge in [0.05, 0.1) is 17.5 Å². The van der Waals surface area contributed by atoms with Gasteiger partial charge in [-0.05, 0) is 60.0 Å². The van der Waals surface area contributed by atoms with Crippen molar-refractivity contribution in [3.05, 3.63) is 119 Å². The van der Waals surface area contributed by atoms with Gasteiger partial charge >= 0.3 is 0 Å². The Kier molecular flexibility index (Phi) is 6.75. The first kappa shape index (κ1) is 30.5. The zero-order valence-electron chi connectivity index (χ0n) is 25.6. The maximum Gasteiger partial charge on any atom is 0.253 e. The highest BCUT2D eigenvalue weighted by Crippen LogP contribution is 2.66. The standard InChI is InChI=1S/C38H28Cl2N2O6/c1-41-35(47)37(39)19-28-26(31(38(37,40)36(41)48)25-17-18-29(43)24-10-6-5-9-23(24)25)15-16-27-30(28)34(46)42(33(27)45)22-13-11-21(12-14-22)32(44)20-7-3-2-4-8-20/h2-15,17-18,27-28,30-31,43H,16,19H2,1H3/t27-,28+,30-,31-,37+,38-/m0/s1. The van der Waals surface area contributed by atoms with Crippen molar-refractivity contribution in [3.8, 4) is 5.75 Å². The van der Waals surface area contributed by atoms with Crippen molar-refractivity contribution in [3.63, 3.8) is 0 Å². The van der Waals surface area contributed by atoms with Crippen molar-refractivity contribution in [1.82, 2.24) is 4.90 Å². The third-order valence-electron chi connectivity index (χ3n) is 10.7. The van der Waals surface area contributed by atoms with Gasteiger partial charge in [-0.2, -0.15) is 0 Å². The Morgan fingerprint density at radius 2 is 1.42 bits per heavy atom. The number of imide groups is 2. The number of phenols is 1. The minimum atomic E-state index is -1.93. The van der Waals surface area contributed by atoms with E-state index in [1.165, 1.54) is 13.1 Å². The fourth-order valence-corrected chi connectivity index (χ4v) is 9.43. The molecule has 0 aromatic heterocycles. The Balaban J connectivity index is 1.22. The van der Waals surface area contributed by atoms with Crippen LogP contribution in [0.2, 0.25) is 0 Å². The van der Waals surface area contributed by atoms with Gasteiger partial charge in [0.15, 0.2) is 15.5 Å². The molecular weight excluding hydrogens is 651 g/mol. The monoisotopic (exact) mass is 678 g/mol. The van der Waals surface area contributed by atoms with Gasteiger partial charge in [-0.3, -0.25) is 33.8 Å². The molecule has 240 valence electrons. The first-order chi connectivity index (χ1) is 23.0. The zero-order valence-corrected chi connectivity index (χ0v) is 27.1. The summed E-state index contributed by atoms with van der Waals surface area (Å²) >= 11 is 14.7. The molecule has 2 aliphatic carbocycles. The molecule has 10 heteroatoms. The fraction of sp³-hybridized carbons (Fsp3) is 0.237. The van der Waals surface area contributed by atoms with Gasteiger partial charge in [-0.15, -0.1) is 23.2 Å². The van der Waals surface area contributed by atoms with Crippen LogP contribution in [0.5, 0.6) is 5.75 Å². The number of ketones is 1. The molecule has 0 bridgehead atoms. The van der Waals surface area contributed by atoms with Gasteiger partial charge in [0.2, 0.25) is 11.8 Å². The summed E-state index contributed by atoms with van der Waals surface area (Å²) in [5.41, 5.74) is 2.52. The quantitative estimate of drug-likeness (QED) is 0.123. The number of amides is 4. The summed E-state index contributed by atoms with van der Waals surface area (Å²) in [5, 5.41) is 11.8. The number of anilines is 1. The summed E-state index contributed by atoms with van der Waals surface area (Å²) in [4.78, 5) is 67.3. The third-order valence-corrected chi connectivity index (χ3v) is 12.1. The molecule has 0 unspecified atom stereocenters. The van der Waals surface area contributed by atoms with Crippen LogP contribution in [-0.2, 0) is 19.2 Å². The predicted molar refractivity (Wildman–Crippen MR) is 180 cm³/mol. The van der Waals surface area contributed by atoms with Crippen LogP contribution in [0.4, 0.5) is 5.69 Å². The molecule has 2 saturated heterocycles. The molecule has 4 amide bonds. The van der Waals surface area contributed by atoms with Gasteiger partial charge in [-0.25, -0.2) is 0 Å². The van der Waals surface area contributed by atoms with Crippen LogP contribution in [0.25, 0.3) is 10.8 Å². The number of aromatic hydroxyl groups is 1. The number of hydrogen-bond donors (Lipinski definition) is 1. The Bertz CT molecular complexity index is 2130. The summed E-state index contributed by atoms with van der Waals surface area (Å²) in [6, 6.07) is 25.5. The van der Waals surface area contributed by atoms with E-state index in [1.54, 1.807) is 78.9 Å². The lowest BCUT2D eigenvalue weighted by atomic mass is 9.56. The SMILES string of the molecule is CN1C(=O)[C@]2(Cl)C[C@@H]3C(=CC[C@@H]4C(=O)N(c5ccc(C(=O)c6ccccc6)cc5)C(=O)[C@@H]43)[C@H](c3ccc(O)c4ccccc34)[C@]2(Cl)C1=O. The van der Waals surface area contributed by atoms with Crippen molar-refractivity contribution in [1.29, 1.82) is 0 Å². The van der Waals surface area contributed by atoms with Crippen LogP contribution in [0.1, 0.15) is 40.2 Å². The molecule has 0 spiro atoms. The van der Waals surface area contributed by atoms with Crippen molar-refractivity contribution in [2.75, 3.05) is 11.9 Å². The number of allylic oxidation sites excluding steroid dienone is 2. The number of alkyl halides is 2. The van der Waals surface area contributed by atoms with E-state index >= 15 is 0 Å². The predicted octanol–water partition coefficient (Wildman–Crippen LogP) is 5.97. The van der Waals surface area contributed by atoms with E-state index in [9.17, 15) is 29.1 Å². The molecule has 8 rings (SSSR count). The van der Waals surface area contributed by atoms with Crippen molar-refractivity contribution < 1.29 is 29.1 Å². The van der Waals surface area contributed by atoms with E-state index < -0.39 is 51.1 Å². The molecule has 3 fully saturated rings. The highest BCUT2D eigenvalue weighted by Gasteiger charge is 2.76. The number of benzene rings is 4. The second-order valence-corrected chi connectivity index (χ2v) is 14.2. The van der Waals surface area contributed by atoms with Crippen LogP contribution < -0.4 is 4.90 Å². The number of rotatable bonds is 4. The van der Waals surface area contributed by atoms with Crippen molar-refractivity contribution in [2.45, 2.75) is 28.5 Å². The molecule has 1 saturated carbocycles. The maximum absolute atomic E-state index is 14.4. The number of phenolic OH excluding ortho intramolecular Hbond substituents is 1. The molecule has 6 atom stereocenters. The molecule has 0 radical (unpaired) electrons. The Morgan fingerprint density at radius 1 is 0.771 bits per heavy atom. The molecule has 1 N–H and O–H groups in total.